The van der Waals surface area contributed by atoms with Gasteiger partial charge in [0.2, 0.25) is 5.91 Å². The minimum Gasteiger partial charge on any atom is -0.319 e. The Hall–Kier alpha value is -3.94. The van der Waals surface area contributed by atoms with Crippen molar-refractivity contribution in [1.82, 2.24) is 20.0 Å². The van der Waals surface area contributed by atoms with E-state index in [-0.39, 0.29) is 0 Å². The third-order valence-electron chi connectivity index (χ3n) is 5.31. The number of nitrogens with one attached hydrogen (secondary N) is 2. The minimum absolute atomic E-state index is 0.398. The molecule has 2 heterocycles. The molecule has 2 aromatic carbocycles. The van der Waals surface area contributed by atoms with E-state index in [1.807, 2.05) is 44.2 Å². The van der Waals surface area contributed by atoms with Crippen LogP contribution in [0.1, 0.15) is 23.7 Å². The summed E-state index contributed by atoms with van der Waals surface area (Å²) in [5.74, 6) is -0.500. The van der Waals surface area contributed by atoms with Crippen molar-refractivity contribution in [3.63, 3.8) is 0 Å². The van der Waals surface area contributed by atoms with Crippen LogP contribution < -0.4 is 10.6 Å². The molecule has 1 aromatic heterocycles. The number of hydrogen-bond donors (Lipinski definition) is 2. The lowest BCUT2D eigenvalue weighted by atomic mass is 9.92. The molecule has 0 spiro atoms. The van der Waals surface area contributed by atoms with Crippen LogP contribution in [-0.2, 0) is 15.1 Å². The van der Waals surface area contributed by atoms with Gasteiger partial charge in [-0.3, -0.25) is 14.5 Å². The Bertz CT molecular complexity index is 1150. The van der Waals surface area contributed by atoms with Crippen LogP contribution in [0.25, 0.3) is 5.69 Å². The monoisotopic (exact) mass is 417 g/mol. The number of urea groups is 1. The van der Waals surface area contributed by atoms with Gasteiger partial charge < -0.3 is 10.6 Å². The van der Waals surface area contributed by atoms with Gasteiger partial charge in [-0.25, -0.2) is 9.48 Å². The summed E-state index contributed by atoms with van der Waals surface area (Å²) in [6.45, 7) is 5.05. The van der Waals surface area contributed by atoms with Crippen molar-refractivity contribution in [2.45, 2.75) is 26.3 Å². The molecule has 4 amide bonds. The topological polar surface area (TPSA) is 96.3 Å². The summed E-state index contributed by atoms with van der Waals surface area (Å²) >= 11 is 0. The van der Waals surface area contributed by atoms with E-state index >= 15 is 0 Å². The Morgan fingerprint density at radius 3 is 2.42 bits per heavy atom. The maximum atomic E-state index is 13.0. The number of carbonyl (C=O) groups excluding carboxylic acids is 3. The molecule has 0 aliphatic carbocycles. The van der Waals surface area contributed by atoms with Crippen molar-refractivity contribution in [3.8, 4) is 5.69 Å². The summed E-state index contributed by atoms with van der Waals surface area (Å²) in [5, 5.41) is 9.90. The van der Waals surface area contributed by atoms with Gasteiger partial charge >= 0.3 is 6.03 Å². The van der Waals surface area contributed by atoms with Gasteiger partial charge in [0.25, 0.3) is 5.91 Å². The van der Waals surface area contributed by atoms with Crippen molar-refractivity contribution < 1.29 is 14.4 Å². The van der Waals surface area contributed by atoms with Gasteiger partial charge in [0.15, 0.2) is 0 Å². The predicted molar refractivity (Wildman–Crippen MR) is 116 cm³/mol. The SMILES string of the molecule is Cc1ccc(-n2nc(C)cc2NC(=O)CN2C(=O)NC(C)(c3ccccc3)C2=O)cc1. The van der Waals surface area contributed by atoms with Gasteiger partial charge in [0, 0.05) is 6.07 Å². The molecule has 8 nitrogen and oxygen atoms in total. The van der Waals surface area contributed by atoms with E-state index in [0.29, 0.717) is 11.4 Å². The number of amides is 4. The van der Waals surface area contributed by atoms with Gasteiger partial charge in [0.05, 0.1) is 11.4 Å². The van der Waals surface area contributed by atoms with Gasteiger partial charge in [-0.05, 0) is 38.5 Å². The first kappa shape index (κ1) is 20.3. The van der Waals surface area contributed by atoms with Gasteiger partial charge in [-0.2, -0.15) is 5.10 Å². The van der Waals surface area contributed by atoms with Crippen LogP contribution in [0.5, 0.6) is 0 Å². The lowest BCUT2D eigenvalue weighted by molar-refractivity contribution is -0.133. The largest absolute Gasteiger partial charge is 0.325 e. The second-order valence-corrected chi connectivity index (χ2v) is 7.78. The first-order valence-electron chi connectivity index (χ1n) is 9.91. The van der Waals surface area contributed by atoms with Gasteiger partial charge in [-0.15, -0.1) is 0 Å². The molecule has 31 heavy (non-hydrogen) atoms. The number of aromatic nitrogens is 2. The summed E-state index contributed by atoms with van der Waals surface area (Å²) in [6.07, 6.45) is 0. The van der Waals surface area contributed by atoms with Crippen LogP contribution >= 0.6 is 0 Å². The van der Waals surface area contributed by atoms with Crippen molar-refractivity contribution in [3.05, 3.63) is 77.5 Å². The average molecular weight is 417 g/mol. The minimum atomic E-state index is -1.21. The lowest BCUT2D eigenvalue weighted by Crippen LogP contribution is -2.42. The molecule has 4 rings (SSSR count). The van der Waals surface area contributed by atoms with Crippen molar-refractivity contribution >= 4 is 23.7 Å². The molecule has 3 aromatic rings. The number of hydrogen-bond acceptors (Lipinski definition) is 4. The third-order valence-corrected chi connectivity index (χ3v) is 5.31. The Morgan fingerprint density at radius 2 is 1.74 bits per heavy atom. The smallest absolute Gasteiger partial charge is 0.319 e. The van der Waals surface area contributed by atoms with Crippen LogP contribution in [0.4, 0.5) is 10.6 Å². The van der Waals surface area contributed by atoms with E-state index in [4.69, 9.17) is 0 Å². The van der Waals surface area contributed by atoms with Crippen molar-refractivity contribution in [1.29, 1.82) is 0 Å². The number of aryl methyl sites for hydroxylation is 2. The van der Waals surface area contributed by atoms with Crippen LogP contribution in [-0.4, -0.2) is 39.1 Å². The molecular formula is C23H23N5O3. The maximum Gasteiger partial charge on any atom is 0.325 e. The molecule has 8 heteroatoms. The summed E-state index contributed by atoms with van der Waals surface area (Å²) in [7, 11) is 0. The molecule has 1 atom stereocenters. The second kappa shape index (κ2) is 7.71. The zero-order chi connectivity index (χ0) is 22.2. The number of nitrogens with zero attached hydrogens (tertiary/aromatic N) is 3. The Balaban J connectivity index is 1.52. The summed E-state index contributed by atoms with van der Waals surface area (Å²) in [6, 6.07) is 17.8. The fourth-order valence-electron chi connectivity index (χ4n) is 3.60. The normalized spacial score (nSPS) is 18.2. The fraction of sp³-hybridized carbons (Fsp3) is 0.217. The molecule has 2 N–H and O–H groups in total. The molecule has 1 aliphatic heterocycles. The number of imide groups is 1. The van der Waals surface area contributed by atoms with Crippen LogP contribution in [0.15, 0.2) is 60.7 Å². The lowest BCUT2D eigenvalue weighted by Gasteiger charge is -2.22. The highest BCUT2D eigenvalue weighted by molar-refractivity contribution is 6.10. The first-order chi connectivity index (χ1) is 14.8. The quantitative estimate of drug-likeness (QED) is 0.624. The fourth-order valence-corrected chi connectivity index (χ4v) is 3.60. The Labute approximate surface area is 179 Å². The van der Waals surface area contributed by atoms with E-state index in [9.17, 15) is 14.4 Å². The van der Waals surface area contributed by atoms with E-state index < -0.39 is 29.9 Å². The Morgan fingerprint density at radius 1 is 1.06 bits per heavy atom. The molecule has 1 fully saturated rings. The average Bonchev–Trinajstić information content (AvgIpc) is 3.21. The van der Waals surface area contributed by atoms with E-state index in [1.165, 1.54) is 0 Å². The molecule has 1 saturated heterocycles. The number of anilines is 1. The second-order valence-electron chi connectivity index (χ2n) is 7.78. The van der Waals surface area contributed by atoms with Crippen molar-refractivity contribution in [2.24, 2.45) is 0 Å². The number of rotatable bonds is 5. The summed E-state index contributed by atoms with van der Waals surface area (Å²) in [5.41, 5.74) is 2.07. The summed E-state index contributed by atoms with van der Waals surface area (Å²) in [4.78, 5) is 39.1. The molecule has 0 radical (unpaired) electrons. The highest BCUT2D eigenvalue weighted by Crippen LogP contribution is 2.28. The van der Waals surface area contributed by atoms with E-state index in [2.05, 4.69) is 15.7 Å². The number of carbonyl (C=O) groups is 3. The molecule has 0 saturated carbocycles. The standard InChI is InChI=1S/C23H23N5O3/c1-15-9-11-18(12-10-15)28-19(13-16(2)26-28)24-20(29)14-27-21(30)23(3,25-22(27)31)17-7-5-4-6-8-17/h4-13H,14H2,1-3H3,(H,24,29)(H,25,31). The van der Waals surface area contributed by atoms with Gasteiger partial charge in [-0.1, -0.05) is 48.0 Å². The highest BCUT2D eigenvalue weighted by atomic mass is 16.2. The number of benzene rings is 2. The first-order valence-corrected chi connectivity index (χ1v) is 9.91. The molecular weight excluding hydrogens is 394 g/mol. The van der Waals surface area contributed by atoms with Crippen LogP contribution in [0.3, 0.4) is 0 Å². The highest BCUT2D eigenvalue weighted by Gasteiger charge is 2.49. The molecule has 1 unspecified atom stereocenters. The van der Waals surface area contributed by atoms with Crippen LogP contribution in [0, 0.1) is 13.8 Å². The Kier molecular flexibility index (Phi) is 5.06. The molecule has 1 aliphatic rings. The van der Waals surface area contributed by atoms with E-state index in [1.54, 1.807) is 41.9 Å². The zero-order valence-corrected chi connectivity index (χ0v) is 17.5. The van der Waals surface area contributed by atoms with Gasteiger partial charge in [0.1, 0.15) is 17.9 Å². The molecule has 0 bridgehead atoms. The van der Waals surface area contributed by atoms with E-state index in [0.717, 1.165) is 21.8 Å². The van der Waals surface area contributed by atoms with Crippen LogP contribution in [0.2, 0.25) is 0 Å². The third kappa shape index (κ3) is 3.79. The predicted octanol–water partition coefficient (Wildman–Crippen LogP) is 2.89. The molecule has 158 valence electrons. The summed E-state index contributed by atoms with van der Waals surface area (Å²) < 4.78 is 1.62. The maximum absolute atomic E-state index is 13.0. The zero-order valence-electron chi connectivity index (χ0n) is 17.5. The van der Waals surface area contributed by atoms with Crippen molar-refractivity contribution in [2.75, 3.05) is 11.9 Å².